The van der Waals surface area contributed by atoms with Gasteiger partial charge in [-0.05, 0) is 74.6 Å². The normalized spacial score (nSPS) is 17.6. The molecule has 214 valence electrons. The van der Waals surface area contributed by atoms with E-state index in [1.165, 1.54) is 12.3 Å². The molecule has 1 fully saturated rings. The van der Waals surface area contributed by atoms with Crippen LogP contribution in [0, 0.1) is 12.7 Å². The Balaban J connectivity index is 1.35. The molecule has 12 heteroatoms. The standard InChI is InChI=1S/C28H36FN7O3S/c1-5-20-15-32-28(34-23-6-7-25(29)18(2)12-23)35-26(20)17-31-22-9-11-36(19(3)13-22)27(37)21-8-10-30-24(14-21)16-33-40(4,38)39/h6-8,10,12,14-15,19,22,31,33H,5,9,11,13,16-17H2,1-4H3,(H,32,34,35)/t19-,22-/m1/s1. The van der Waals surface area contributed by atoms with E-state index in [0.29, 0.717) is 35.9 Å². The van der Waals surface area contributed by atoms with Crippen molar-refractivity contribution in [1.29, 1.82) is 0 Å². The summed E-state index contributed by atoms with van der Waals surface area (Å²) in [6.45, 7) is 7.00. The molecule has 40 heavy (non-hydrogen) atoms. The van der Waals surface area contributed by atoms with Crippen LogP contribution in [0.3, 0.4) is 0 Å². The number of sulfonamides is 1. The van der Waals surface area contributed by atoms with Gasteiger partial charge in [0, 0.05) is 48.8 Å². The van der Waals surface area contributed by atoms with Crippen LogP contribution in [0.4, 0.5) is 16.0 Å². The summed E-state index contributed by atoms with van der Waals surface area (Å²) in [5.74, 6) is 0.106. The number of halogens is 1. The summed E-state index contributed by atoms with van der Waals surface area (Å²) in [7, 11) is -3.36. The lowest BCUT2D eigenvalue weighted by molar-refractivity contribution is 0.0601. The van der Waals surface area contributed by atoms with Crippen LogP contribution in [0.25, 0.3) is 0 Å². The topological polar surface area (TPSA) is 129 Å². The number of nitrogens with one attached hydrogen (secondary N) is 3. The minimum atomic E-state index is -3.36. The number of aromatic nitrogens is 3. The van der Waals surface area contributed by atoms with E-state index in [4.69, 9.17) is 4.98 Å². The van der Waals surface area contributed by atoms with Gasteiger partial charge in [0.15, 0.2) is 0 Å². The maximum atomic E-state index is 13.6. The second-order valence-electron chi connectivity index (χ2n) is 10.2. The van der Waals surface area contributed by atoms with E-state index in [1.807, 2.05) is 18.0 Å². The van der Waals surface area contributed by atoms with Crippen molar-refractivity contribution in [3.63, 3.8) is 0 Å². The first-order valence-electron chi connectivity index (χ1n) is 13.3. The van der Waals surface area contributed by atoms with E-state index in [1.54, 1.807) is 31.2 Å². The van der Waals surface area contributed by atoms with Crippen LogP contribution >= 0.6 is 0 Å². The van der Waals surface area contributed by atoms with E-state index in [9.17, 15) is 17.6 Å². The monoisotopic (exact) mass is 569 g/mol. The number of likely N-dealkylation sites (tertiary alicyclic amines) is 1. The number of pyridine rings is 1. The van der Waals surface area contributed by atoms with Crippen molar-refractivity contribution in [3.8, 4) is 0 Å². The van der Waals surface area contributed by atoms with Gasteiger partial charge in [-0.25, -0.2) is 27.5 Å². The van der Waals surface area contributed by atoms with E-state index < -0.39 is 10.0 Å². The molecule has 4 rings (SSSR count). The van der Waals surface area contributed by atoms with Gasteiger partial charge >= 0.3 is 0 Å². The number of carbonyl (C=O) groups is 1. The Morgan fingerprint density at radius 2 is 1.98 bits per heavy atom. The summed E-state index contributed by atoms with van der Waals surface area (Å²) in [5, 5.41) is 6.77. The number of anilines is 2. The average Bonchev–Trinajstić information content (AvgIpc) is 2.92. The Morgan fingerprint density at radius 1 is 1.18 bits per heavy atom. The maximum Gasteiger partial charge on any atom is 0.254 e. The molecule has 3 heterocycles. The molecule has 2 atom stereocenters. The first kappa shape index (κ1) is 29.5. The number of piperidine rings is 1. The highest BCUT2D eigenvalue weighted by Crippen LogP contribution is 2.22. The van der Waals surface area contributed by atoms with Crippen molar-refractivity contribution in [1.82, 2.24) is 29.9 Å². The SMILES string of the molecule is CCc1cnc(Nc2ccc(F)c(C)c2)nc1CN[C@@H]1CCN(C(=O)c2ccnc(CNS(C)(=O)=O)c2)[C@H](C)C1. The zero-order chi connectivity index (χ0) is 28.9. The van der Waals surface area contributed by atoms with Crippen LogP contribution in [0.2, 0.25) is 0 Å². The number of hydrogen-bond acceptors (Lipinski definition) is 8. The van der Waals surface area contributed by atoms with Crippen LogP contribution in [0.1, 0.15) is 59.6 Å². The fourth-order valence-electron chi connectivity index (χ4n) is 4.78. The minimum Gasteiger partial charge on any atom is -0.336 e. The van der Waals surface area contributed by atoms with Gasteiger partial charge in [-0.2, -0.15) is 0 Å². The van der Waals surface area contributed by atoms with Gasteiger partial charge in [0.2, 0.25) is 16.0 Å². The highest BCUT2D eigenvalue weighted by Gasteiger charge is 2.29. The van der Waals surface area contributed by atoms with Crippen molar-refractivity contribution in [3.05, 3.63) is 76.6 Å². The lowest BCUT2D eigenvalue weighted by Gasteiger charge is -2.38. The Hall–Kier alpha value is -3.48. The maximum absolute atomic E-state index is 13.6. The summed E-state index contributed by atoms with van der Waals surface area (Å²) < 4.78 is 38.8. The van der Waals surface area contributed by atoms with Gasteiger partial charge < -0.3 is 15.5 Å². The lowest BCUT2D eigenvalue weighted by atomic mass is 9.97. The molecule has 3 N–H and O–H groups in total. The highest BCUT2D eigenvalue weighted by atomic mass is 32.2. The molecule has 0 aliphatic carbocycles. The molecule has 0 saturated carbocycles. The molecule has 1 saturated heterocycles. The molecule has 2 aromatic heterocycles. The van der Waals surface area contributed by atoms with Gasteiger partial charge in [0.1, 0.15) is 5.82 Å². The molecule has 0 radical (unpaired) electrons. The van der Waals surface area contributed by atoms with Crippen LogP contribution in [-0.2, 0) is 29.5 Å². The fraction of sp³-hybridized carbons (Fsp3) is 0.429. The van der Waals surface area contributed by atoms with Gasteiger partial charge in [-0.1, -0.05) is 6.92 Å². The summed E-state index contributed by atoms with van der Waals surface area (Å²) in [5.41, 5.74) is 4.19. The Bertz CT molecular complexity index is 1470. The minimum absolute atomic E-state index is 0.0134. The smallest absolute Gasteiger partial charge is 0.254 e. The van der Waals surface area contributed by atoms with Gasteiger partial charge in [-0.15, -0.1) is 0 Å². The first-order chi connectivity index (χ1) is 19.0. The molecule has 0 unspecified atom stereocenters. The zero-order valence-corrected chi connectivity index (χ0v) is 24.1. The number of carbonyl (C=O) groups excluding carboxylic acids is 1. The molecule has 3 aromatic rings. The molecule has 1 aromatic carbocycles. The van der Waals surface area contributed by atoms with Crippen molar-refractivity contribution >= 4 is 27.6 Å². The van der Waals surface area contributed by atoms with Crippen LogP contribution < -0.4 is 15.4 Å². The number of aryl methyl sites for hydroxylation is 2. The zero-order valence-electron chi connectivity index (χ0n) is 23.2. The molecule has 1 amide bonds. The predicted octanol–water partition coefficient (Wildman–Crippen LogP) is 3.46. The lowest BCUT2D eigenvalue weighted by Crippen LogP contribution is -2.49. The van der Waals surface area contributed by atoms with Crippen LogP contribution in [0.5, 0.6) is 0 Å². The molecule has 0 spiro atoms. The van der Waals surface area contributed by atoms with Crippen molar-refractivity contribution in [2.24, 2.45) is 0 Å². The van der Waals surface area contributed by atoms with Gasteiger partial charge in [0.25, 0.3) is 5.91 Å². The van der Waals surface area contributed by atoms with Crippen LogP contribution in [0.15, 0.2) is 42.7 Å². The largest absolute Gasteiger partial charge is 0.336 e. The molecule has 1 aliphatic heterocycles. The van der Waals surface area contributed by atoms with Crippen molar-refractivity contribution in [2.75, 3.05) is 18.1 Å². The molecular formula is C28H36FN7O3S. The van der Waals surface area contributed by atoms with Crippen LogP contribution in [-0.4, -0.2) is 59.1 Å². The second-order valence-corrected chi connectivity index (χ2v) is 12.0. The van der Waals surface area contributed by atoms with Crippen molar-refractivity contribution < 1.29 is 17.6 Å². The predicted molar refractivity (Wildman–Crippen MR) is 152 cm³/mol. The third kappa shape index (κ3) is 7.80. The third-order valence-corrected chi connectivity index (χ3v) is 7.69. The van der Waals surface area contributed by atoms with Crippen molar-refractivity contribution in [2.45, 2.75) is 65.2 Å². The Morgan fingerprint density at radius 3 is 2.67 bits per heavy atom. The summed E-state index contributed by atoms with van der Waals surface area (Å²) in [6, 6.07) is 8.32. The van der Waals surface area contributed by atoms with E-state index >= 15 is 0 Å². The van der Waals surface area contributed by atoms with E-state index in [2.05, 4.69) is 32.2 Å². The van der Waals surface area contributed by atoms with Gasteiger partial charge in [0.05, 0.1) is 24.2 Å². The highest BCUT2D eigenvalue weighted by molar-refractivity contribution is 7.88. The Kier molecular flexibility index (Phi) is 9.44. The summed E-state index contributed by atoms with van der Waals surface area (Å²) >= 11 is 0. The number of nitrogens with zero attached hydrogens (tertiary/aromatic N) is 4. The molecule has 1 aliphatic rings. The van der Waals surface area contributed by atoms with Gasteiger partial charge in [-0.3, -0.25) is 9.78 Å². The van der Waals surface area contributed by atoms with E-state index in [0.717, 1.165) is 42.5 Å². The molecule has 10 nitrogen and oxygen atoms in total. The first-order valence-corrected chi connectivity index (χ1v) is 15.2. The third-order valence-electron chi connectivity index (χ3n) is 7.02. The quantitative estimate of drug-likeness (QED) is 0.339. The number of rotatable bonds is 10. The van der Waals surface area contributed by atoms with E-state index in [-0.39, 0.29) is 30.4 Å². The Labute approximate surface area is 234 Å². The molecule has 0 bridgehead atoms. The number of benzene rings is 1. The fourth-order valence-corrected chi connectivity index (χ4v) is 5.19. The summed E-state index contributed by atoms with van der Waals surface area (Å²) in [4.78, 5) is 28.4. The number of amides is 1. The average molecular weight is 570 g/mol. The molecular weight excluding hydrogens is 533 g/mol. The second kappa shape index (κ2) is 12.8. The summed E-state index contributed by atoms with van der Waals surface area (Å²) in [6.07, 6.45) is 6.80. The number of hydrogen-bond donors (Lipinski definition) is 3.